The fourth-order valence-electron chi connectivity index (χ4n) is 0.603. The number of hydrogen-bond acceptors (Lipinski definition) is 3. The van der Waals surface area contributed by atoms with Crippen LogP contribution in [0.25, 0.3) is 0 Å². The SMILES string of the molecule is C=CCC(C)OC(=O)N(C)CO. The number of ether oxygens (including phenoxy) is 1. The average molecular weight is 173 g/mol. The first kappa shape index (κ1) is 11.0. The topological polar surface area (TPSA) is 49.8 Å². The zero-order chi connectivity index (χ0) is 9.56. The normalized spacial score (nSPS) is 11.9. The first-order valence-corrected chi connectivity index (χ1v) is 3.75. The quantitative estimate of drug-likeness (QED) is 0.509. The number of hydrogen-bond donors (Lipinski definition) is 1. The predicted octanol–water partition coefficient (Wildman–Crippen LogP) is 0.969. The highest BCUT2D eigenvalue weighted by atomic mass is 16.6. The summed E-state index contributed by atoms with van der Waals surface area (Å²) in [5.41, 5.74) is 0. The van der Waals surface area contributed by atoms with Gasteiger partial charge in [-0.15, -0.1) is 6.58 Å². The summed E-state index contributed by atoms with van der Waals surface area (Å²) in [7, 11) is 1.46. The molecule has 0 aliphatic carbocycles. The van der Waals surface area contributed by atoms with Gasteiger partial charge < -0.3 is 9.84 Å². The van der Waals surface area contributed by atoms with Crippen LogP contribution in [-0.2, 0) is 4.74 Å². The van der Waals surface area contributed by atoms with E-state index in [0.717, 1.165) is 4.90 Å². The van der Waals surface area contributed by atoms with Gasteiger partial charge in [0.2, 0.25) is 0 Å². The van der Waals surface area contributed by atoms with Gasteiger partial charge in [0.15, 0.2) is 0 Å². The molecule has 0 aliphatic heterocycles. The van der Waals surface area contributed by atoms with Crippen LogP contribution in [0.4, 0.5) is 4.79 Å². The highest BCUT2D eigenvalue weighted by molar-refractivity contribution is 5.67. The molecule has 0 bridgehead atoms. The third kappa shape index (κ3) is 3.98. The molecule has 0 saturated heterocycles. The maximum Gasteiger partial charge on any atom is 0.411 e. The van der Waals surface area contributed by atoms with Gasteiger partial charge in [-0.3, -0.25) is 4.90 Å². The van der Waals surface area contributed by atoms with Gasteiger partial charge in [0, 0.05) is 13.5 Å². The molecule has 1 amide bonds. The molecule has 0 rings (SSSR count). The molecule has 4 nitrogen and oxygen atoms in total. The Morgan fingerprint density at radius 2 is 2.42 bits per heavy atom. The van der Waals surface area contributed by atoms with E-state index in [4.69, 9.17) is 9.84 Å². The minimum atomic E-state index is -0.521. The first-order chi connectivity index (χ1) is 5.61. The lowest BCUT2D eigenvalue weighted by atomic mass is 10.3. The number of carbonyl (C=O) groups excluding carboxylic acids is 1. The highest BCUT2D eigenvalue weighted by Crippen LogP contribution is 2.00. The summed E-state index contributed by atoms with van der Waals surface area (Å²) in [4.78, 5) is 12.1. The smallest absolute Gasteiger partial charge is 0.411 e. The van der Waals surface area contributed by atoms with E-state index < -0.39 is 6.09 Å². The number of aliphatic hydroxyl groups excluding tert-OH is 1. The molecule has 0 aromatic carbocycles. The van der Waals surface area contributed by atoms with Crippen LogP contribution in [0, 0.1) is 0 Å². The lowest BCUT2D eigenvalue weighted by molar-refractivity contribution is 0.0515. The van der Waals surface area contributed by atoms with Gasteiger partial charge in [0.25, 0.3) is 0 Å². The van der Waals surface area contributed by atoms with Crippen molar-refractivity contribution in [2.45, 2.75) is 19.4 Å². The molecule has 1 atom stereocenters. The van der Waals surface area contributed by atoms with Crippen molar-refractivity contribution in [2.75, 3.05) is 13.8 Å². The molecule has 1 N–H and O–H groups in total. The van der Waals surface area contributed by atoms with E-state index in [1.54, 1.807) is 13.0 Å². The van der Waals surface area contributed by atoms with Crippen molar-refractivity contribution in [1.29, 1.82) is 0 Å². The van der Waals surface area contributed by atoms with Crippen molar-refractivity contribution in [3.63, 3.8) is 0 Å². The minimum absolute atomic E-state index is 0.191. The van der Waals surface area contributed by atoms with Crippen LogP contribution in [0.3, 0.4) is 0 Å². The Labute approximate surface area is 72.4 Å². The average Bonchev–Trinajstić information content (AvgIpc) is 2.03. The number of amides is 1. The van der Waals surface area contributed by atoms with Crippen LogP contribution < -0.4 is 0 Å². The van der Waals surface area contributed by atoms with Gasteiger partial charge in [0.05, 0.1) is 0 Å². The molecular formula is C8H15NO3. The summed E-state index contributed by atoms with van der Waals surface area (Å²) in [6.07, 6.45) is 1.58. The summed E-state index contributed by atoms with van der Waals surface area (Å²) < 4.78 is 4.90. The summed E-state index contributed by atoms with van der Waals surface area (Å²) in [6, 6.07) is 0. The monoisotopic (exact) mass is 173 g/mol. The molecule has 0 spiro atoms. The Hall–Kier alpha value is -1.03. The molecule has 1 unspecified atom stereocenters. The van der Waals surface area contributed by atoms with E-state index >= 15 is 0 Å². The van der Waals surface area contributed by atoms with Gasteiger partial charge in [-0.1, -0.05) is 6.08 Å². The fraction of sp³-hybridized carbons (Fsp3) is 0.625. The van der Waals surface area contributed by atoms with Crippen LogP contribution in [0.1, 0.15) is 13.3 Å². The molecule has 12 heavy (non-hydrogen) atoms. The summed E-state index contributed by atoms with van der Waals surface area (Å²) in [6.45, 7) is 4.95. The Bertz CT molecular complexity index is 158. The predicted molar refractivity (Wildman–Crippen MR) is 45.6 cm³/mol. The second-order valence-corrected chi connectivity index (χ2v) is 2.56. The van der Waals surface area contributed by atoms with Crippen LogP contribution in [-0.4, -0.2) is 36.0 Å². The summed E-state index contributed by atoms with van der Waals surface area (Å²) in [5.74, 6) is 0. The number of nitrogens with zero attached hydrogens (tertiary/aromatic N) is 1. The van der Waals surface area contributed by atoms with Gasteiger partial charge in [-0.05, 0) is 6.92 Å². The van der Waals surface area contributed by atoms with Crippen molar-refractivity contribution >= 4 is 6.09 Å². The first-order valence-electron chi connectivity index (χ1n) is 3.75. The van der Waals surface area contributed by atoms with E-state index in [1.165, 1.54) is 7.05 Å². The molecule has 4 heteroatoms. The number of rotatable bonds is 4. The Balaban J connectivity index is 3.75. The zero-order valence-electron chi connectivity index (χ0n) is 7.49. The van der Waals surface area contributed by atoms with Gasteiger partial charge >= 0.3 is 6.09 Å². The third-order valence-corrected chi connectivity index (χ3v) is 1.32. The molecule has 0 saturated carbocycles. The molecule has 0 fully saturated rings. The van der Waals surface area contributed by atoms with Crippen molar-refractivity contribution in [1.82, 2.24) is 4.90 Å². The second kappa shape index (κ2) is 5.60. The van der Waals surface area contributed by atoms with Crippen molar-refractivity contribution in [2.24, 2.45) is 0 Å². The van der Waals surface area contributed by atoms with E-state index in [-0.39, 0.29) is 12.8 Å². The molecular weight excluding hydrogens is 158 g/mol. The van der Waals surface area contributed by atoms with E-state index in [9.17, 15) is 4.79 Å². The third-order valence-electron chi connectivity index (χ3n) is 1.32. The fourth-order valence-corrected chi connectivity index (χ4v) is 0.603. The molecule has 0 aromatic heterocycles. The van der Waals surface area contributed by atoms with Crippen LogP contribution in [0.15, 0.2) is 12.7 Å². The van der Waals surface area contributed by atoms with Crippen LogP contribution >= 0.6 is 0 Å². The maximum atomic E-state index is 11.0. The van der Waals surface area contributed by atoms with E-state index in [1.807, 2.05) is 0 Å². The molecule has 0 aliphatic rings. The Morgan fingerprint density at radius 3 is 2.83 bits per heavy atom. The standard InChI is InChI=1S/C8H15NO3/c1-4-5-7(2)12-8(11)9(3)6-10/h4,7,10H,1,5-6H2,2-3H3. The van der Waals surface area contributed by atoms with E-state index in [0.29, 0.717) is 6.42 Å². The van der Waals surface area contributed by atoms with Crippen LogP contribution in [0.5, 0.6) is 0 Å². The molecule has 0 heterocycles. The van der Waals surface area contributed by atoms with Gasteiger partial charge in [-0.2, -0.15) is 0 Å². The summed E-state index contributed by atoms with van der Waals surface area (Å²) in [5, 5.41) is 8.55. The molecule has 0 aromatic rings. The molecule has 70 valence electrons. The van der Waals surface area contributed by atoms with Gasteiger partial charge in [0.1, 0.15) is 12.8 Å². The molecule has 0 radical (unpaired) electrons. The Morgan fingerprint density at radius 1 is 1.83 bits per heavy atom. The van der Waals surface area contributed by atoms with Crippen molar-refractivity contribution < 1.29 is 14.6 Å². The summed E-state index contributed by atoms with van der Waals surface area (Å²) >= 11 is 0. The largest absolute Gasteiger partial charge is 0.446 e. The highest BCUT2D eigenvalue weighted by Gasteiger charge is 2.11. The van der Waals surface area contributed by atoms with Crippen molar-refractivity contribution in [3.8, 4) is 0 Å². The van der Waals surface area contributed by atoms with E-state index in [2.05, 4.69) is 6.58 Å². The van der Waals surface area contributed by atoms with Crippen LogP contribution in [0.2, 0.25) is 0 Å². The number of aliphatic hydroxyl groups is 1. The maximum absolute atomic E-state index is 11.0. The van der Waals surface area contributed by atoms with Gasteiger partial charge in [-0.25, -0.2) is 4.79 Å². The lowest BCUT2D eigenvalue weighted by Crippen LogP contribution is -2.30. The minimum Gasteiger partial charge on any atom is -0.446 e. The zero-order valence-corrected chi connectivity index (χ0v) is 7.49. The lowest BCUT2D eigenvalue weighted by Gasteiger charge is -2.17. The number of carbonyl (C=O) groups is 1. The Kier molecular flexibility index (Phi) is 5.12. The second-order valence-electron chi connectivity index (χ2n) is 2.56. The van der Waals surface area contributed by atoms with Crippen molar-refractivity contribution in [3.05, 3.63) is 12.7 Å².